The number of anilines is 2. The number of halogens is 3. The summed E-state index contributed by atoms with van der Waals surface area (Å²) in [5, 5.41) is 0. The highest BCUT2D eigenvalue weighted by Gasteiger charge is 2.21. The predicted molar refractivity (Wildman–Crippen MR) is 119 cm³/mol. The summed E-state index contributed by atoms with van der Waals surface area (Å²) in [4.78, 5) is 12.9. The molecular formula is C21H19Br2FN4O. The molecule has 0 radical (unpaired) electrons. The highest BCUT2D eigenvalue weighted by Crippen LogP contribution is 2.26. The van der Waals surface area contributed by atoms with Crippen molar-refractivity contribution in [2.24, 2.45) is 0 Å². The Morgan fingerprint density at radius 2 is 1.55 bits per heavy atom. The topological polar surface area (TPSA) is 41.5 Å². The van der Waals surface area contributed by atoms with Crippen LogP contribution < -0.4 is 14.5 Å². The van der Waals surface area contributed by atoms with Crippen molar-refractivity contribution in [1.29, 1.82) is 0 Å². The first kappa shape index (κ1) is 20.1. The number of rotatable bonds is 5. The summed E-state index contributed by atoms with van der Waals surface area (Å²) in [6, 6.07) is 13.0. The molecule has 5 nitrogen and oxygen atoms in total. The van der Waals surface area contributed by atoms with Crippen LogP contribution in [0.2, 0.25) is 0 Å². The first-order chi connectivity index (χ1) is 14.1. The van der Waals surface area contributed by atoms with Crippen LogP contribution >= 0.6 is 31.9 Å². The lowest BCUT2D eigenvalue weighted by molar-refractivity contribution is 0.288. The summed E-state index contributed by atoms with van der Waals surface area (Å²) < 4.78 is 22.6. The molecule has 0 saturated carbocycles. The molecule has 2 aromatic heterocycles. The van der Waals surface area contributed by atoms with Gasteiger partial charge in [0.05, 0.1) is 5.69 Å². The minimum atomic E-state index is -0.236. The van der Waals surface area contributed by atoms with Crippen LogP contribution in [0.5, 0.6) is 5.88 Å². The molecule has 29 heavy (non-hydrogen) atoms. The van der Waals surface area contributed by atoms with Crippen molar-refractivity contribution < 1.29 is 9.13 Å². The summed E-state index contributed by atoms with van der Waals surface area (Å²) in [5.74, 6) is 1.17. The third-order valence-electron chi connectivity index (χ3n) is 4.79. The largest absolute Gasteiger partial charge is 0.473 e. The second-order valence-electron chi connectivity index (χ2n) is 6.66. The molecule has 0 aliphatic carbocycles. The number of hydrogen-bond donors (Lipinski definition) is 0. The fourth-order valence-corrected chi connectivity index (χ4v) is 3.72. The van der Waals surface area contributed by atoms with Gasteiger partial charge in [-0.05, 0) is 56.1 Å². The Morgan fingerprint density at radius 3 is 2.21 bits per heavy atom. The Kier molecular flexibility index (Phi) is 6.30. The van der Waals surface area contributed by atoms with Crippen LogP contribution in [0.15, 0.2) is 63.8 Å². The molecule has 1 aliphatic rings. The quantitative estimate of drug-likeness (QED) is 0.470. The van der Waals surface area contributed by atoms with E-state index < -0.39 is 0 Å². The molecule has 0 bridgehead atoms. The van der Waals surface area contributed by atoms with Gasteiger partial charge in [0, 0.05) is 59.1 Å². The van der Waals surface area contributed by atoms with Gasteiger partial charge in [-0.1, -0.05) is 12.1 Å². The van der Waals surface area contributed by atoms with Gasteiger partial charge in [-0.15, -0.1) is 0 Å². The summed E-state index contributed by atoms with van der Waals surface area (Å²) in [5.41, 5.74) is 1.13. The molecule has 0 amide bonds. The molecule has 150 valence electrons. The van der Waals surface area contributed by atoms with Crippen LogP contribution in [0, 0.1) is 5.82 Å². The van der Waals surface area contributed by atoms with E-state index in [0.29, 0.717) is 17.1 Å². The summed E-state index contributed by atoms with van der Waals surface area (Å²) in [7, 11) is 0. The van der Waals surface area contributed by atoms with Crippen molar-refractivity contribution in [1.82, 2.24) is 9.97 Å². The lowest BCUT2D eigenvalue weighted by Crippen LogP contribution is -2.47. The van der Waals surface area contributed by atoms with Crippen molar-refractivity contribution >= 4 is 43.4 Å². The van der Waals surface area contributed by atoms with Gasteiger partial charge in [0.1, 0.15) is 12.4 Å². The monoisotopic (exact) mass is 520 g/mol. The summed E-state index contributed by atoms with van der Waals surface area (Å²) in [6.45, 7) is 3.17. The van der Waals surface area contributed by atoms with E-state index >= 15 is 4.39 Å². The fraction of sp³-hybridized carbons (Fsp3) is 0.238. The molecule has 0 spiro atoms. The van der Waals surface area contributed by atoms with Gasteiger partial charge >= 0.3 is 0 Å². The molecule has 8 heteroatoms. The van der Waals surface area contributed by atoms with Crippen molar-refractivity contribution in [3.8, 4) is 5.88 Å². The van der Waals surface area contributed by atoms with Gasteiger partial charge < -0.3 is 14.5 Å². The Hall–Kier alpha value is -2.19. The molecule has 4 rings (SSSR count). The van der Waals surface area contributed by atoms with E-state index in [9.17, 15) is 0 Å². The van der Waals surface area contributed by atoms with Crippen LogP contribution in [0.4, 0.5) is 15.9 Å². The zero-order chi connectivity index (χ0) is 20.2. The summed E-state index contributed by atoms with van der Waals surface area (Å²) in [6.07, 6.45) is 3.45. The number of pyridine rings is 2. The lowest BCUT2D eigenvalue weighted by atomic mass is 10.1. The number of ether oxygens (including phenoxy) is 1. The molecule has 0 atom stereocenters. The van der Waals surface area contributed by atoms with E-state index in [4.69, 9.17) is 4.74 Å². The van der Waals surface area contributed by atoms with Gasteiger partial charge in [-0.2, -0.15) is 0 Å². The normalized spacial score (nSPS) is 14.2. The van der Waals surface area contributed by atoms with Crippen LogP contribution in [0.3, 0.4) is 0 Å². The highest BCUT2D eigenvalue weighted by molar-refractivity contribution is 9.10. The first-order valence-electron chi connectivity index (χ1n) is 9.23. The second-order valence-corrected chi connectivity index (χ2v) is 8.49. The zero-order valence-electron chi connectivity index (χ0n) is 15.6. The second kappa shape index (κ2) is 9.09. The molecule has 0 N–H and O–H groups in total. The van der Waals surface area contributed by atoms with Crippen LogP contribution in [0.1, 0.15) is 5.56 Å². The maximum Gasteiger partial charge on any atom is 0.213 e. The fourth-order valence-electron chi connectivity index (χ4n) is 3.25. The van der Waals surface area contributed by atoms with Gasteiger partial charge in [-0.25, -0.2) is 14.4 Å². The van der Waals surface area contributed by atoms with Gasteiger partial charge in [0.2, 0.25) is 5.88 Å². The average Bonchev–Trinajstić information content (AvgIpc) is 2.75. The molecule has 3 heterocycles. The van der Waals surface area contributed by atoms with Gasteiger partial charge in [0.15, 0.2) is 5.82 Å². The average molecular weight is 522 g/mol. The molecule has 1 saturated heterocycles. The SMILES string of the molecule is Fc1c(COc2ccc(Br)cn2)cccc1N1CCN(c2ccc(Br)cn2)CC1. The third kappa shape index (κ3) is 4.87. The Labute approximate surface area is 185 Å². The van der Waals surface area contributed by atoms with Crippen LogP contribution in [-0.4, -0.2) is 36.1 Å². The molecule has 1 aliphatic heterocycles. The third-order valence-corrected chi connectivity index (χ3v) is 5.73. The van der Waals surface area contributed by atoms with E-state index in [0.717, 1.165) is 40.9 Å². The maximum atomic E-state index is 15.1. The standard InChI is InChI=1S/C21H19Br2FN4O/c22-16-4-6-19(25-12-16)28-10-8-27(9-11-28)18-3-1-2-15(21(18)24)14-29-20-7-5-17(23)13-26-20/h1-7,12-13H,8-11,14H2. The summed E-state index contributed by atoms with van der Waals surface area (Å²) >= 11 is 6.74. The Bertz CT molecular complexity index is 961. The number of nitrogens with zero attached hydrogens (tertiary/aromatic N) is 4. The molecule has 0 unspecified atom stereocenters. The Morgan fingerprint density at radius 1 is 0.862 bits per heavy atom. The molecule has 1 fully saturated rings. The number of benzene rings is 1. The van der Waals surface area contributed by atoms with Crippen molar-refractivity contribution in [3.05, 3.63) is 75.2 Å². The number of hydrogen-bond acceptors (Lipinski definition) is 5. The first-order valence-corrected chi connectivity index (χ1v) is 10.8. The smallest absolute Gasteiger partial charge is 0.213 e. The number of piperazine rings is 1. The maximum absolute atomic E-state index is 15.1. The van der Waals surface area contributed by atoms with Crippen molar-refractivity contribution in [2.75, 3.05) is 36.0 Å². The van der Waals surface area contributed by atoms with E-state index in [1.54, 1.807) is 24.5 Å². The van der Waals surface area contributed by atoms with Crippen LogP contribution in [0.25, 0.3) is 0 Å². The molecule has 1 aromatic carbocycles. The van der Waals surface area contributed by atoms with E-state index in [1.165, 1.54) is 0 Å². The molecule has 3 aromatic rings. The van der Waals surface area contributed by atoms with Crippen molar-refractivity contribution in [2.45, 2.75) is 6.61 Å². The van der Waals surface area contributed by atoms with Crippen LogP contribution in [-0.2, 0) is 6.61 Å². The van der Waals surface area contributed by atoms with E-state index in [2.05, 4.69) is 51.6 Å². The minimum absolute atomic E-state index is 0.136. The van der Waals surface area contributed by atoms with E-state index in [1.807, 2.05) is 30.3 Å². The minimum Gasteiger partial charge on any atom is -0.473 e. The molecular weight excluding hydrogens is 503 g/mol. The lowest BCUT2D eigenvalue weighted by Gasteiger charge is -2.37. The van der Waals surface area contributed by atoms with Gasteiger partial charge in [-0.3, -0.25) is 0 Å². The predicted octanol–water partition coefficient (Wildman–Crippen LogP) is 5.05. The highest BCUT2D eigenvalue weighted by atomic mass is 79.9. The van der Waals surface area contributed by atoms with Gasteiger partial charge in [0.25, 0.3) is 0 Å². The number of aromatic nitrogens is 2. The van der Waals surface area contributed by atoms with Crippen molar-refractivity contribution in [3.63, 3.8) is 0 Å². The van der Waals surface area contributed by atoms with E-state index in [-0.39, 0.29) is 12.4 Å². The Balaban J connectivity index is 1.41. The zero-order valence-corrected chi connectivity index (χ0v) is 18.7.